The second kappa shape index (κ2) is 5.77. The zero-order valence-electron chi connectivity index (χ0n) is 7.29. The van der Waals surface area contributed by atoms with Gasteiger partial charge in [0.25, 0.3) is 0 Å². The molecule has 3 heteroatoms. The van der Waals surface area contributed by atoms with Crippen LogP contribution in [0, 0.1) is 0 Å². The van der Waals surface area contributed by atoms with E-state index in [4.69, 9.17) is 5.11 Å². The topological polar surface area (TPSA) is 48.9 Å². The minimum absolute atomic E-state index is 0.322. The standard InChI is InChI=1S/C9H16N2O/c12-8-4-2-1-3-5-9-6-7-10-11-9/h6-7,12H,1-5,8H2,(H,10,11). The predicted molar refractivity (Wildman–Crippen MR) is 47.8 cm³/mol. The van der Waals surface area contributed by atoms with Gasteiger partial charge in [0.2, 0.25) is 0 Å². The third-order valence-corrected chi connectivity index (χ3v) is 1.90. The Bertz CT molecular complexity index is 184. The van der Waals surface area contributed by atoms with E-state index >= 15 is 0 Å². The Balaban J connectivity index is 1.96. The van der Waals surface area contributed by atoms with E-state index in [1.54, 1.807) is 0 Å². The first kappa shape index (κ1) is 9.26. The van der Waals surface area contributed by atoms with Gasteiger partial charge in [0.05, 0.1) is 5.69 Å². The van der Waals surface area contributed by atoms with E-state index in [-0.39, 0.29) is 0 Å². The molecule has 1 aromatic heterocycles. The van der Waals surface area contributed by atoms with Gasteiger partial charge in [-0.15, -0.1) is 0 Å². The first-order valence-corrected chi connectivity index (χ1v) is 4.53. The van der Waals surface area contributed by atoms with E-state index < -0.39 is 0 Å². The summed E-state index contributed by atoms with van der Waals surface area (Å²) in [6.07, 6.45) is 7.32. The van der Waals surface area contributed by atoms with Gasteiger partial charge in [-0.2, -0.15) is 5.10 Å². The molecule has 0 fully saturated rings. The normalized spacial score (nSPS) is 10.4. The van der Waals surface area contributed by atoms with Crippen LogP contribution in [-0.4, -0.2) is 21.9 Å². The van der Waals surface area contributed by atoms with Crippen LogP contribution in [0.5, 0.6) is 0 Å². The van der Waals surface area contributed by atoms with Crippen LogP contribution in [0.3, 0.4) is 0 Å². The van der Waals surface area contributed by atoms with Gasteiger partial charge < -0.3 is 5.11 Å². The monoisotopic (exact) mass is 168 g/mol. The van der Waals surface area contributed by atoms with Crippen LogP contribution in [0.25, 0.3) is 0 Å². The smallest absolute Gasteiger partial charge is 0.0622 e. The summed E-state index contributed by atoms with van der Waals surface area (Å²) in [6, 6.07) is 2.01. The van der Waals surface area contributed by atoms with Crippen LogP contribution < -0.4 is 0 Å². The Morgan fingerprint density at radius 3 is 2.75 bits per heavy atom. The number of hydrogen-bond acceptors (Lipinski definition) is 2. The van der Waals surface area contributed by atoms with Gasteiger partial charge in [0.1, 0.15) is 0 Å². The molecule has 0 aliphatic heterocycles. The van der Waals surface area contributed by atoms with Crippen molar-refractivity contribution in [1.29, 1.82) is 0 Å². The molecule has 0 saturated heterocycles. The average Bonchev–Trinajstić information content (AvgIpc) is 2.57. The molecular formula is C9H16N2O. The second-order valence-electron chi connectivity index (χ2n) is 2.95. The highest BCUT2D eigenvalue weighted by atomic mass is 16.2. The van der Waals surface area contributed by atoms with E-state index in [1.165, 1.54) is 12.8 Å². The molecule has 1 heterocycles. The highest BCUT2D eigenvalue weighted by Crippen LogP contribution is 2.04. The number of aryl methyl sites for hydroxylation is 1. The maximum Gasteiger partial charge on any atom is 0.0622 e. The molecule has 1 aromatic rings. The largest absolute Gasteiger partial charge is 0.396 e. The van der Waals surface area contributed by atoms with Crippen molar-refractivity contribution in [2.24, 2.45) is 0 Å². The summed E-state index contributed by atoms with van der Waals surface area (Å²) < 4.78 is 0. The molecule has 12 heavy (non-hydrogen) atoms. The average molecular weight is 168 g/mol. The lowest BCUT2D eigenvalue weighted by molar-refractivity contribution is 0.282. The molecule has 0 bridgehead atoms. The van der Waals surface area contributed by atoms with Crippen LogP contribution in [0.4, 0.5) is 0 Å². The third-order valence-electron chi connectivity index (χ3n) is 1.90. The summed E-state index contributed by atoms with van der Waals surface area (Å²) in [6.45, 7) is 0.322. The van der Waals surface area contributed by atoms with Crippen LogP contribution >= 0.6 is 0 Å². The van der Waals surface area contributed by atoms with Crippen LogP contribution in [0.15, 0.2) is 12.3 Å². The Labute approximate surface area is 72.8 Å². The SMILES string of the molecule is OCCCCCCc1cc[nH]n1. The van der Waals surface area contributed by atoms with Gasteiger partial charge >= 0.3 is 0 Å². The summed E-state index contributed by atoms with van der Waals surface area (Å²) in [5.74, 6) is 0. The Hall–Kier alpha value is -0.830. The van der Waals surface area contributed by atoms with E-state index in [0.29, 0.717) is 6.61 Å². The number of hydrogen-bond donors (Lipinski definition) is 2. The Morgan fingerprint density at radius 2 is 2.08 bits per heavy atom. The quantitative estimate of drug-likeness (QED) is 0.632. The number of aromatic nitrogens is 2. The molecule has 2 N–H and O–H groups in total. The zero-order chi connectivity index (χ0) is 8.65. The second-order valence-corrected chi connectivity index (χ2v) is 2.95. The lowest BCUT2D eigenvalue weighted by atomic mass is 10.1. The number of nitrogens with zero attached hydrogens (tertiary/aromatic N) is 1. The van der Waals surface area contributed by atoms with Gasteiger partial charge in [-0.1, -0.05) is 12.8 Å². The predicted octanol–water partition coefficient (Wildman–Crippen LogP) is 1.50. The molecular weight excluding hydrogens is 152 g/mol. The van der Waals surface area contributed by atoms with E-state index in [1.807, 2.05) is 12.3 Å². The van der Waals surface area contributed by atoms with Crippen LogP contribution in [-0.2, 0) is 6.42 Å². The summed E-state index contributed by atoms with van der Waals surface area (Å²) in [4.78, 5) is 0. The van der Waals surface area contributed by atoms with Crippen molar-refractivity contribution < 1.29 is 5.11 Å². The van der Waals surface area contributed by atoms with Crippen molar-refractivity contribution in [2.45, 2.75) is 32.1 Å². The fourth-order valence-electron chi connectivity index (χ4n) is 1.20. The first-order valence-electron chi connectivity index (χ1n) is 4.53. The van der Waals surface area contributed by atoms with Crippen molar-refractivity contribution in [3.8, 4) is 0 Å². The molecule has 0 unspecified atom stereocenters. The molecule has 0 saturated carbocycles. The van der Waals surface area contributed by atoms with E-state index in [0.717, 1.165) is 25.0 Å². The number of unbranched alkanes of at least 4 members (excludes halogenated alkanes) is 3. The van der Waals surface area contributed by atoms with Crippen molar-refractivity contribution in [3.63, 3.8) is 0 Å². The van der Waals surface area contributed by atoms with Gasteiger partial charge in [0, 0.05) is 12.8 Å². The Kier molecular flexibility index (Phi) is 4.46. The minimum atomic E-state index is 0.322. The fraction of sp³-hybridized carbons (Fsp3) is 0.667. The van der Waals surface area contributed by atoms with Gasteiger partial charge in [-0.25, -0.2) is 0 Å². The van der Waals surface area contributed by atoms with E-state index in [9.17, 15) is 0 Å². The molecule has 0 radical (unpaired) electrons. The fourth-order valence-corrected chi connectivity index (χ4v) is 1.20. The van der Waals surface area contributed by atoms with Crippen molar-refractivity contribution >= 4 is 0 Å². The molecule has 0 amide bonds. The minimum Gasteiger partial charge on any atom is -0.396 e. The molecule has 3 nitrogen and oxygen atoms in total. The molecule has 0 spiro atoms. The highest BCUT2D eigenvalue weighted by Gasteiger charge is 1.94. The molecule has 0 aliphatic rings. The molecule has 1 rings (SSSR count). The molecule has 0 aromatic carbocycles. The molecule has 0 aliphatic carbocycles. The highest BCUT2D eigenvalue weighted by molar-refractivity contribution is 4.96. The van der Waals surface area contributed by atoms with E-state index in [2.05, 4.69) is 10.2 Å². The van der Waals surface area contributed by atoms with Gasteiger partial charge in [-0.05, 0) is 25.3 Å². The Morgan fingerprint density at radius 1 is 1.25 bits per heavy atom. The van der Waals surface area contributed by atoms with Crippen molar-refractivity contribution in [3.05, 3.63) is 18.0 Å². The molecule has 68 valence electrons. The third kappa shape index (κ3) is 3.53. The van der Waals surface area contributed by atoms with Crippen molar-refractivity contribution in [1.82, 2.24) is 10.2 Å². The van der Waals surface area contributed by atoms with Crippen molar-refractivity contribution in [2.75, 3.05) is 6.61 Å². The lowest BCUT2D eigenvalue weighted by Crippen LogP contribution is -1.87. The summed E-state index contributed by atoms with van der Waals surface area (Å²) in [5.41, 5.74) is 1.14. The molecule has 0 atom stereocenters. The maximum atomic E-state index is 8.53. The lowest BCUT2D eigenvalue weighted by Gasteiger charge is -1.96. The number of nitrogens with one attached hydrogen (secondary N) is 1. The zero-order valence-corrected chi connectivity index (χ0v) is 7.29. The first-order chi connectivity index (χ1) is 5.93. The van der Waals surface area contributed by atoms with Gasteiger partial charge in [0.15, 0.2) is 0 Å². The summed E-state index contributed by atoms with van der Waals surface area (Å²) >= 11 is 0. The maximum absolute atomic E-state index is 8.53. The number of aliphatic hydroxyl groups excluding tert-OH is 1. The number of aromatic amines is 1. The van der Waals surface area contributed by atoms with Crippen LogP contribution in [0.2, 0.25) is 0 Å². The number of H-pyrrole nitrogens is 1. The van der Waals surface area contributed by atoms with Crippen LogP contribution in [0.1, 0.15) is 31.4 Å². The summed E-state index contributed by atoms with van der Waals surface area (Å²) in [5, 5.41) is 15.4. The van der Waals surface area contributed by atoms with Gasteiger partial charge in [-0.3, -0.25) is 5.10 Å². The summed E-state index contributed by atoms with van der Waals surface area (Å²) in [7, 11) is 0. The number of aliphatic hydroxyl groups is 1. The number of rotatable bonds is 6.